The van der Waals surface area contributed by atoms with Crippen LogP contribution >= 0.6 is 0 Å². The van der Waals surface area contributed by atoms with Gasteiger partial charge in [-0.25, -0.2) is 0 Å². The van der Waals surface area contributed by atoms with E-state index in [1.165, 1.54) is 0 Å². The van der Waals surface area contributed by atoms with Crippen LogP contribution in [0.5, 0.6) is 5.75 Å². The van der Waals surface area contributed by atoms with Crippen molar-refractivity contribution in [2.45, 2.75) is 6.92 Å². The van der Waals surface area contributed by atoms with Gasteiger partial charge in [0.05, 0.1) is 18.8 Å². The first-order valence-corrected chi connectivity index (χ1v) is 5.23. The monoisotopic (exact) mass is 220 g/mol. The number of ether oxygens (including phenoxy) is 2. The second-order valence-corrected chi connectivity index (χ2v) is 3.16. The summed E-state index contributed by atoms with van der Waals surface area (Å²) in [6.45, 7) is 6.37. The number of rotatable bonds is 7. The Balaban J connectivity index is 2.69. The molecule has 0 aliphatic heterocycles. The van der Waals surface area contributed by atoms with Gasteiger partial charge in [-0.3, -0.25) is 4.79 Å². The highest BCUT2D eigenvalue weighted by molar-refractivity contribution is 5.99. The average molecular weight is 220 g/mol. The van der Waals surface area contributed by atoms with Gasteiger partial charge in [-0.1, -0.05) is 18.2 Å². The molecule has 1 aromatic carbocycles. The summed E-state index contributed by atoms with van der Waals surface area (Å²) >= 11 is 0. The zero-order valence-electron chi connectivity index (χ0n) is 9.44. The lowest BCUT2D eigenvalue weighted by Crippen LogP contribution is -2.11. The van der Waals surface area contributed by atoms with E-state index in [2.05, 4.69) is 6.58 Å². The summed E-state index contributed by atoms with van der Waals surface area (Å²) in [5, 5.41) is 0. The van der Waals surface area contributed by atoms with Crippen molar-refractivity contribution in [1.82, 2.24) is 0 Å². The quantitative estimate of drug-likeness (QED) is 0.402. The molecule has 0 aliphatic rings. The highest BCUT2D eigenvalue weighted by Crippen LogP contribution is 2.18. The summed E-state index contributed by atoms with van der Waals surface area (Å²) in [6, 6.07) is 7.17. The number of benzene rings is 1. The molecule has 3 nitrogen and oxygen atoms in total. The predicted molar refractivity (Wildman–Crippen MR) is 63.0 cm³/mol. The Hall–Kier alpha value is -1.61. The number of para-hydroxylation sites is 1. The molecule has 0 fully saturated rings. The largest absolute Gasteiger partial charge is 0.493 e. The van der Waals surface area contributed by atoms with Gasteiger partial charge in [0.25, 0.3) is 0 Å². The van der Waals surface area contributed by atoms with Crippen LogP contribution in [0, 0.1) is 0 Å². The first kappa shape index (κ1) is 12.5. The van der Waals surface area contributed by atoms with Gasteiger partial charge in [-0.15, -0.1) is 6.58 Å². The maximum Gasteiger partial charge on any atom is 0.192 e. The van der Waals surface area contributed by atoms with Crippen molar-refractivity contribution in [1.29, 1.82) is 0 Å². The third kappa shape index (κ3) is 3.51. The van der Waals surface area contributed by atoms with E-state index in [9.17, 15) is 4.79 Å². The molecule has 0 N–H and O–H groups in total. The lowest BCUT2D eigenvalue weighted by Gasteiger charge is -2.08. The zero-order valence-corrected chi connectivity index (χ0v) is 9.44. The van der Waals surface area contributed by atoms with Crippen LogP contribution in [-0.2, 0) is 4.74 Å². The van der Waals surface area contributed by atoms with Crippen LogP contribution in [-0.4, -0.2) is 25.6 Å². The zero-order chi connectivity index (χ0) is 11.8. The first-order valence-electron chi connectivity index (χ1n) is 5.23. The molecule has 0 heterocycles. The van der Waals surface area contributed by atoms with Crippen LogP contribution in [0.1, 0.15) is 17.3 Å². The number of hydrogen-bond acceptors (Lipinski definition) is 3. The standard InChI is InChI=1S/C13H16O3/c1-3-9-15-10-12(14)11-7-5-6-8-13(11)16-4-2/h3,5-8H,1,4,9-10H2,2H3. The van der Waals surface area contributed by atoms with Crippen molar-refractivity contribution in [3.63, 3.8) is 0 Å². The van der Waals surface area contributed by atoms with Crippen molar-refractivity contribution in [2.75, 3.05) is 19.8 Å². The minimum atomic E-state index is -0.0779. The fraction of sp³-hybridized carbons (Fsp3) is 0.308. The smallest absolute Gasteiger partial charge is 0.192 e. The number of Topliss-reactive ketones (excluding diaryl/α,β-unsaturated/α-hetero) is 1. The molecule has 0 unspecified atom stereocenters. The molecule has 0 amide bonds. The number of carbonyl (C=O) groups excluding carboxylic acids is 1. The van der Waals surface area contributed by atoms with E-state index < -0.39 is 0 Å². The summed E-state index contributed by atoms with van der Waals surface area (Å²) in [5.74, 6) is 0.531. The van der Waals surface area contributed by atoms with E-state index in [0.717, 1.165) is 0 Å². The minimum Gasteiger partial charge on any atom is -0.493 e. The second-order valence-electron chi connectivity index (χ2n) is 3.16. The van der Waals surface area contributed by atoms with Gasteiger partial charge < -0.3 is 9.47 Å². The minimum absolute atomic E-state index is 0.0517. The van der Waals surface area contributed by atoms with Gasteiger partial charge in [0.2, 0.25) is 0 Å². The summed E-state index contributed by atoms with van der Waals surface area (Å²) in [7, 11) is 0. The van der Waals surface area contributed by atoms with Gasteiger partial charge >= 0.3 is 0 Å². The van der Waals surface area contributed by atoms with Crippen LogP contribution < -0.4 is 4.74 Å². The molecule has 0 atom stereocenters. The lowest BCUT2D eigenvalue weighted by molar-refractivity contribution is 0.0802. The Bertz CT molecular complexity index is 358. The molecule has 1 rings (SSSR count). The molecule has 0 aliphatic carbocycles. The second kappa shape index (κ2) is 6.80. The molecule has 16 heavy (non-hydrogen) atoms. The van der Waals surface area contributed by atoms with Crippen molar-refractivity contribution in [3.8, 4) is 5.75 Å². The molecule has 1 aromatic rings. The molecule has 86 valence electrons. The summed E-state index contributed by atoms with van der Waals surface area (Å²) in [4.78, 5) is 11.8. The number of ketones is 1. The third-order valence-corrected chi connectivity index (χ3v) is 1.96. The van der Waals surface area contributed by atoms with Gasteiger partial charge in [0.15, 0.2) is 5.78 Å². The van der Waals surface area contributed by atoms with Gasteiger partial charge in [0, 0.05) is 0 Å². The molecule has 0 aromatic heterocycles. The van der Waals surface area contributed by atoms with Crippen LogP contribution in [0.4, 0.5) is 0 Å². The predicted octanol–water partition coefficient (Wildman–Crippen LogP) is 2.47. The third-order valence-electron chi connectivity index (χ3n) is 1.96. The van der Waals surface area contributed by atoms with Gasteiger partial charge in [-0.05, 0) is 19.1 Å². The average Bonchev–Trinajstić information content (AvgIpc) is 2.30. The normalized spacial score (nSPS) is 9.81. The highest BCUT2D eigenvalue weighted by atomic mass is 16.5. The van der Waals surface area contributed by atoms with Crippen LogP contribution in [0.25, 0.3) is 0 Å². The van der Waals surface area contributed by atoms with Crippen molar-refractivity contribution < 1.29 is 14.3 Å². The van der Waals surface area contributed by atoms with E-state index in [1.54, 1.807) is 18.2 Å². The fourth-order valence-electron chi connectivity index (χ4n) is 1.29. The number of carbonyl (C=O) groups is 1. The van der Waals surface area contributed by atoms with Crippen LogP contribution in [0.3, 0.4) is 0 Å². The van der Waals surface area contributed by atoms with Crippen molar-refractivity contribution >= 4 is 5.78 Å². The summed E-state index contributed by atoms with van der Waals surface area (Å²) in [6.07, 6.45) is 1.61. The maximum atomic E-state index is 11.8. The molecule has 0 spiro atoms. The van der Waals surface area contributed by atoms with Gasteiger partial charge in [-0.2, -0.15) is 0 Å². The first-order chi connectivity index (χ1) is 7.79. The number of hydrogen-bond donors (Lipinski definition) is 0. The highest BCUT2D eigenvalue weighted by Gasteiger charge is 2.11. The Morgan fingerprint density at radius 3 is 2.88 bits per heavy atom. The van der Waals surface area contributed by atoms with Crippen LogP contribution in [0.2, 0.25) is 0 Å². The Labute approximate surface area is 95.7 Å². The SMILES string of the molecule is C=CCOCC(=O)c1ccccc1OCC. The molecule has 0 saturated carbocycles. The molecule has 0 bridgehead atoms. The molecular weight excluding hydrogens is 204 g/mol. The molecule has 0 saturated heterocycles. The maximum absolute atomic E-state index is 11.8. The van der Waals surface area contributed by atoms with Crippen molar-refractivity contribution in [3.05, 3.63) is 42.5 Å². The van der Waals surface area contributed by atoms with Crippen LogP contribution in [0.15, 0.2) is 36.9 Å². The summed E-state index contributed by atoms with van der Waals surface area (Å²) < 4.78 is 10.5. The Morgan fingerprint density at radius 1 is 1.44 bits per heavy atom. The topological polar surface area (TPSA) is 35.5 Å². The Kier molecular flexibility index (Phi) is 5.29. The lowest BCUT2D eigenvalue weighted by atomic mass is 10.1. The van der Waals surface area contributed by atoms with Crippen molar-refractivity contribution in [2.24, 2.45) is 0 Å². The molecular formula is C13H16O3. The molecule has 3 heteroatoms. The van der Waals surface area contributed by atoms with Gasteiger partial charge in [0.1, 0.15) is 12.4 Å². The van der Waals surface area contributed by atoms with E-state index in [-0.39, 0.29) is 12.4 Å². The van der Waals surface area contributed by atoms with E-state index in [0.29, 0.717) is 24.5 Å². The summed E-state index contributed by atoms with van der Waals surface area (Å²) in [5.41, 5.74) is 0.563. The van der Waals surface area contributed by atoms with E-state index in [4.69, 9.17) is 9.47 Å². The molecule has 0 radical (unpaired) electrons. The van der Waals surface area contributed by atoms with E-state index in [1.807, 2.05) is 19.1 Å². The Morgan fingerprint density at radius 2 is 2.19 bits per heavy atom. The fourth-order valence-corrected chi connectivity index (χ4v) is 1.29. The van der Waals surface area contributed by atoms with E-state index >= 15 is 0 Å².